The molecule has 0 unspecified atom stereocenters. The summed E-state index contributed by atoms with van der Waals surface area (Å²) in [6, 6.07) is 15.2. The van der Waals surface area contributed by atoms with E-state index < -0.39 is 11.2 Å². The van der Waals surface area contributed by atoms with Gasteiger partial charge in [-0.2, -0.15) is 0 Å². The maximum absolute atomic E-state index is 12.1. The summed E-state index contributed by atoms with van der Waals surface area (Å²) in [4.78, 5) is 39.0. The van der Waals surface area contributed by atoms with Crippen molar-refractivity contribution in [3.05, 3.63) is 54.1 Å². The highest BCUT2D eigenvalue weighted by Crippen LogP contribution is 2.36. The van der Waals surface area contributed by atoms with Crippen molar-refractivity contribution in [1.29, 1.82) is 0 Å². The summed E-state index contributed by atoms with van der Waals surface area (Å²) in [7, 11) is 3.92. The molecule has 0 fully saturated rings. The number of amides is 2. The van der Waals surface area contributed by atoms with E-state index in [9.17, 15) is 14.4 Å². The van der Waals surface area contributed by atoms with E-state index in [4.69, 9.17) is 4.74 Å². The molecule has 2 N–H and O–H groups in total. The summed E-state index contributed by atoms with van der Waals surface area (Å²) < 4.78 is 5.03. The van der Waals surface area contributed by atoms with Gasteiger partial charge >= 0.3 is 5.97 Å². The Bertz CT molecular complexity index is 899. The fourth-order valence-electron chi connectivity index (χ4n) is 2.75. The van der Waals surface area contributed by atoms with Crippen LogP contribution in [0, 0.1) is 0 Å². The third-order valence-corrected chi connectivity index (χ3v) is 5.64. The average molecular weight is 413 g/mol. The van der Waals surface area contributed by atoms with Crippen LogP contribution in [0.5, 0.6) is 0 Å². The van der Waals surface area contributed by atoms with E-state index in [2.05, 4.69) is 10.6 Å². The smallest absolute Gasteiger partial charge is 0.307 e. The van der Waals surface area contributed by atoms with E-state index in [0.29, 0.717) is 6.54 Å². The van der Waals surface area contributed by atoms with E-state index in [1.54, 1.807) is 0 Å². The van der Waals surface area contributed by atoms with E-state index in [-0.39, 0.29) is 24.8 Å². The molecule has 1 aliphatic heterocycles. The van der Waals surface area contributed by atoms with Crippen LogP contribution in [0.3, 0.4) is 0 Å². The van der Waals surface area contributed by atoms with E-state index in [0.717, 1.165) is 21.8 Å². The molecule has 0 aliphatic carbocycles. The zero-order valence-electron chi connectivity index (χ0n) is 16.3. The Balaban J connectivity index is 1.41. The molecule has 1 heterocycles. The number of nitrogens with one attached hydrogen (secondary N) is 2. The summed E-state index contributed by atoms with van der Waals surface area (Å²) in [5, 5.41) is 4.92. The summed E-state index contributed by atoms with van der Waals surface area (Å²) in [5.41, 5.74) is 2.76. The van der Waals surface area contributed by atoms with E-state index in [1.165, 1.54) is 11.8 Å². The van der Waals surface area contributed by atoms with Crippen LogP contribution in [0.4, 0.5) is 11.4 Å². The number of carbonyl (C=O) groups excluding carboxylic acids is 3. The van der Waals surface area contributed by atoms with Crippen LogP contribution >= 0.6 is 11.8 Å². The van der Waals surface area contributed by atoms with Crippen molar-refractivity contribution in [2.24, 2.45) is 0 Å². The summed E-state index contributed by atoms with van der Waals surface area (Å²) in [5.74, 6) is -1.21. The van der Waals surface area contributed by atoms with Crippen molar-refractivity contribution >= 4 is 40.9 Å². The number of nitrogens with zero attached hydrogens (tertiary/aromatic N) is 1. The van der Waals surface area contributed by atoms with Gasteiger partial charge in [0, 0.05) is 31.2 Å². The molecule has 0 spiro atoms. The number of rotatable bonds is 7. The Kier molecular flexibility index (Phi) is 6.77. The molecule has 2 aromatic rings. The second kappa shape index (κ2) is 9.47. The van der Waals surface area contributed by atoms with Crippen LogP contribution in [0.25, 0.3) is 0 Å². The largest absolute Gasteiger partial charge is 0.456 e. The highest BCUT2D eigenvalue weighted by Gasteiger charge is 2.29. The second-order valence-corrected chi connectivity index (χ2v) is 8.04. The molecule has 2 amide bonds. The number of carbonyl (C=O) groups is 3. The average Bonchev–Trinajstić information content (AvgIpc) is 2.71. The molecule has 0 saturated carbocycles. The lowest BCUT2D eigenvalue weighted by atomic mass is 10.2. The summed E-state index contributed by atoms with van der Waals surface area (Å²) >= 11 is 1.32. The number of thioether (sulfide) groups is 1. The molecule has 0 aromatic heterocycles. The van der Waals surface area contributed by atoms with Gasteiger partial charge in [0.25, 0.3) is 5.91 Å². The molecule has 8 heteroatoms. The molecule has 0 saturated heterocycles. The van der Waals surface area contributed by atoms with Crippen LogP contribution in [0.1, 0.15) is 12.0 Å². The van der Waals surface area contributed by atoms with Gasteiger partial charge in [0.05, 0.1) is 17.4 Å². The van der Waals surface area contributed by atoms with Gasteiger partial charge in [-0.1, -0.05) is 24.3 Å². The fourth-order valence-corrected chi connectivity index (χ4v) is 3.84. The number of ether oxygens (including phenoxy) is 1. The predicted molar refractivity (Wildman–Crippen MR) is 113 cm³/mol. The first-order valence-corrected chi connectivity index (χ1v) is 10.1. The van der Waals surface area contributed by atoms with Crippen LogP contribution in [0.15, 0.2) is 53.4 Å². The first-order chi connectivity index (χ1) is 13.9. The van der Waals surface area contributed by atoms with Gasteiger partial charge in [-0.25, -0.2) is 0 Å². The van der Waals surface area contributed by atoms with E-state index >= 15 is 0 Å². The molecule has 1 atom stereocenters. The SMILES string of the molecule is CN(C)c1ccc(CNC(=O)COC(=O)C[C@H]2Sc3ccccc3NC2=O)cc1. The van der Waals surface area contributed by atoms with Gasteiger partial charge in [-0.3, -0.25) is 14.4 Å². The predicted octanol–water partition coefficient (Wildman–Crippen LogP) is 2.42. The van der Waals surface area contributed by atoms with Gasteiger partial charge in [-0.05, 0) is 29.8 Å². The van der Waals surface area contributed by atoms with Crippen molar-refractivity contribution in [1.82, 2.24) is 5.32 Å². The quantitative estimate of drug-likeness (QED) is 0.678. The maximum Gasteiger partial charge on any atom is 0.307 e. The van der Waals surface area contributed by atoms with Gasteiger partial charge in [0.2, 0.25) is 5.91 Å². The topological polar surface area (TPSA) is 87.7 Å². The maximum atomic E-state index is 12.1. The Morgan fingerprint density at radius 1 is 1.14 bits per heavy atom. The van der Waals surface area contributed by atoms with Crippen molar-refractivity contribution in [3.8, 4) is 0 Å². The normalized spacial score (nSPS) is 15.1. The minimum atomic E-state index is -0.581. The number of esters is 1. The Morgan fingerprint density at radius 2 is 1.86 bits per heavy atom. The number of para-hydroxylation sites is 1. The Hall–Kier alpha value is -3.00. The van der Waals surface area contributed by atoms with Crippen molar-refractivity contribution in [3.63, 3.8) is 0 Å². The van der Waals surface area contributed by atoms with Gasteiger partial charge in [-0.15, -0.1) is 11.8 Å². The molecule has 152 valence electrons. The van der Waals surface area contributed by atoms with Crippen molar-refractivity contribution < 1.29 is 19.1 Å². The zero-order valence-corrected chi connectivity index (χ0v) is 17.1. The molecule has 29 heavy (non-hydrogen) atoms. The molecular formula is C21H23N3O4S. The van der Waals surface area contributed by atoms with Crippen LogP contribution in [0.2, 0.25) is 0 Å². The second-order valence-electron chi connectivity index (χ2n) is 6.79. The number of fused-ring (bicyclic) bond motifs is 1. The fraction of sp³-hybridized carbons (Fsp3) is 0.286. The third-order valence-electron chi connectivity index (χ3n) is 4.37. The van der Waals surface area contributed by atoms with Gasteiger partial charge in [0.15, 0.2) is 6.61 Å². The first kappa shape index (κ1) is 20.7. The molecular weight excluding hydrogens is 390 g/mol. The number of benzene rings is 2. The summed E-state index contributed by atoms with van der Waals surface area (Å²) in [6.45, 7) is -0.0219. The van der Waals surface area contributed by atoms with Crippen molar-refractivity contribution in [2.75, 3.05) is 30.9 Å². The number of anilines is 2. The molecule has 0 bridgehead atoms. The highest BCUT2D eigenvalue weighted by atomic mass is 32.2. The van der Waals surface area contributed by atoms with Crippen LogP contribution < -0.4 is 15.5 Å². The monoisotopic (exact) mass is 413 g/mol. The standard InChI is InChI=1S/C21H23N3O4S/c1-24(2)15-9-7-14(8-10-15)12-22-19(25)13-28-20(26)11-18-21(27)23-16-5-3-4-6-17(16)29-18/h3-10,18H,11-13H2,1-2H3,(H,22,25)(H,23,27)/t18-/m1/s1. The Labute approximate surface area is 173 Å². The zero-order chi connectivity index (χ0) is 20.8. The molecule has 2 aromatic carbocycles. The lowest BCUT2D eigenvalue weighted by Crippen LogP contribution is -2.33. The first-order valence-electron chi connectivity index (χ1n) is 9.17. The molecule has 0 radical (unpaired) electrons. The minimum Gasteiger partial charge on any atom is -0.456 e. The summed E-state index contributed by atoms with van der Waals surface area (Å²) in [6.07, 6.45) is -0.0931. The lowest BCUT2D eigenvalue weighted by Gasteiger charge is -2.23. The van der Waals surface area contributed by atoms with E-state index in [1.807, 2.05) is 67.5 Å². The highest BCUT2D eigenvalue weighted by molar-refractivity contribution is 8.01. The lowest BCUT2D eigenvalue weighted by molar-refractivity contribution is -0.149. The molecule has 7 nitrogen and oxygen atoms in total. The van der Waals surface area contributed by atoms with Gasteiger partial charge < -0.3 is 20.3 Å². The third kappa shape index (κ3) is 5.74. The molecule has 3 rings (SSSR count). The molecule has 1 aliphatic rings. The Morgan fingerprint density at radius 3 is 2.59 bits per heavy atom. The number of hydrogen-bond acceptors (Lipinski definition) is 6. The number of hydrogen-bond donors (Lipinski definition) is 2. The minimum absolute atomic E-state index is 0.0931. The van der Waals surface area contributed by atoms with Crippen molar-refractivity contribution in [2.45, 2.75) is 23.1 Å². The van der Waals surface area contributed by atoms with Crippen LogP contribution in [-0.2, 0) is 25.7 Å². The van der Waals surface area contributed by atoms with Gasteiger partial charge in [0.1, 0.15) is 0 Å². The van der Waals surface area contributed by atoms with Crippen LogP contribution in [-0.4, -0.2) is 43.7 Å².